The maximum Gasteiger partial charge on any atom is 0.586 e. The van der Waals surface area contributed by atoms with Gasteiger partial charge in [-0.05, 0) is 17.7 Å². The van der Waals surface area contributed by atoms with Gasteiger partial charge in [0.25, 0.3) is 5.91 Å². The third-order valence-corrected chi connectivity index (χ3v) is 4.87. The van der Waals surface area contributed by atoms with Crippen molar-refractivity contribution in [2.24, 2.45) is 4.99 Å². The Kier molecular flexibility index (Phi) is 3.31. The number of amidine groups is 1. The first-order valence-corrected chi connectivity index (χ1v) is 8.65. The van der Waals surface area contributed by atoms with E-state index in [2.05, 4.69) is 24.8 Å². The number of hydrogen-bond acceptors (Lipinski definition) is 7. The number of benzene rings is 1. The SMILES string of the molecule is O=C(NC1=Nc2cc3c(cc2C1)OC(F)(F)O3)c1csc(-c2ccoc2)n1. The summed E-state index contributed by atoms with van der Waals surface area (Å²) in [7, 11) is 0. The van der Waals surface area contributed by atoms with Gasteiger partial charge in [-0.15, -0.1) is 20.1 Å². The van der Waals surface area contributed by atoms with Gasteiger partial charge in [-0.3, -0.25) is 4.79 Å². The van der Waals surface area contributed by atoms with E-state index in [9.17, 15) is 13.6 Å². The number of aromatic nitrogens is 1. The quantitative estimate of drug-likeness (QED) is 0.722. The number of furan rings is 1. The number of thiazole rings is 1. The second-order valence-electron chi connectivity index (χ2n) is 5.83. The van der Waals surface area contributed by atoms with Gasteiger partial charge in [-0.2, -0.15) is 0 Å². The molecule has 0 atom stereocenters. The summed E-state index contributed by atoms with van der Waals surface area (Å²) in [6.45, 7) is 0. The fourth-order valence-corrected chi connectivity index (χ4v) is 3.59. The minimum Gasteiger partial charge on any atom is -0.472 e. The molecule has 0 spiro atoms. The number of amides is 1. The number of nitrogens with one attached hydrogen (secondary N) is 1. The van der Waals surface area contributed by atoms with Crippen molar-refractivity contribution in [3.63, 3.8) is 0 Å². The lowest BCUT2D eigenvalue weighted by Gasteiger charge is -2.04. The van der Waals surface area contributed by atoms with Gasteiger partial charge < -0.3 is 19.2 Å². The summed E-state index contributed by atoms with van der Waals surface area (Å²) in [6, 6.07) is 4.56. The van der Waals surface area contributed by atoms with Crippen molar-refractivity contribution in [1.29, 1.82) is 0 Å². The van der Waals surface area contributed by atoms with Crippen molar-refractivity contribution in [2.75, 3.05) is 0 Å². The van der Waals surface area contributed by atoms with Crippen LogP contribution in [0.1, 0.15) is 16.1 Å². The van der Waals surface area contributed by atoms with Crippen LogP contribution in [0.3, 0.4) is 0 Å². The minimum absolute atomic E-state index is 0.0502. The van der Waals surface area contributed by atoms with Crippen LogP contribution >= 0.6 is 11.3 Å². The molecule has 0 radical (unpaired) electrons. The highest BCUT2D eigenvalue weighted by atomic mass is 32.1. The largest absolute Gasteiger partial charge is 0.586 e. The first-order chi connectivity index (χ1) is 13.0. The van der Waals surface area contributed by atoms with E-state index in [1.807, 2.05) is 0 Å². The summed E-state index contributed by atoms with van der Waals surface area (Å²) >= 11 is 1.32. The molecule has 1 N–H and O–H groups in total. The molecule has 4 heterocycles. The molecule has 0 saturated carbocycles. The lowest BCUT2D eigenvalue weighted by Crippen LogP contribution is -2.30. The predicted molar refractivity (Wildman–Crippen MR) is 90.7 cm³/mol. The van der Waals surface area contributed by atoms with Crippen LogP contribution in [0.15, 0.2) is 45.5 Å². The van der Waals surface area contributed by atoms with Crippen molar-refractivity contribution >= 4 is 28.8 Å². The Balaban J connectivity index is 1.32. The Labute approximate surface area is 154 Å². The Morgan fingerprint density at radius 3 is 2.85 bits per heavy atom. The second-order valence-corrected chi connectivity index (χ2v) is 6.69. The third-order valence-electron chi connectivity index (χ3n) is 3.98. The van der Waals surface area contributed by atoms with Crippen LogP contribution < -0.4 is 14.8 Å². The maximum absolute atomic E-state index is 13.1. The van der Waals surface area contributed by atoms with Crippen LogP contribution in [0.25, 0.3) is 10.6 Å². The van der Waals surface area contributed by atoms with Gasteiger partial charge in [0.15, 0.2) is 11.5 Å². The van der Waals surface area contributed by atoms with Crippen molar-refractivity contribution in [3.8, 4) is 22.1 Å². The maximum atomic E-state index is 13.1. The van der Waals surface area contributed by atoms with Crippen molar-refractivity contribution in [3.05, 3.63) is 47.4 Å². The van der Waals surface area contributed by atoms with Gasteiger partial charge in [0, 0.05) is 23.4 Å². The standard InChI is InChI=1S/C17H9F2N3O4S/c18-17(19)25-12-3-9-4-14(20-10(9)5-13(12)26-17)22-15(23)11-7-27-16(21-11)8-1-2-24-6-8/h1-3,5-7H,4H2,(H,20,22,23). The van der Waals surface area contributed by atoms with Crippen LogP contribution in [0.2, 0.25) is 0 Å². The van der Waals surface area contributed by atoms with Crippen LogP contribution in [0.5, 0.6) is 11.5 Å². The number of alkyl halides is 2. The molecule has 0 saturated heterocycles. The molecule has 2 aromatic heterocycles. The van der Waals surface area contributed by atoms with Gasteiger partial charge in [0.05, 0.1) is 12.0 Å². The first kappa shape index (κ1) is 15.9. The molecule has 0 fully saturated rings. The van der Waals surface area contributed by atoms with Gasteiger partial charge in [0.2, 0.25) is 0 Å². The molecule has 1 aromatic carbocycles. The fourth-order valence-electron chi connectivity index (χ4n) is 2.80. The lowest BCUT2D eigenvalue weighted by molar-refractivity contribution is -0.286. The van der Waals surface area contributed by atoms with Gasteiger partial charge in [0.1, 0.15) is 22.8 Å². The van der Waals surface area contributed by atoms with E-state index in [0.717, 1.165) is 5.56 Å². The molecule has 3 aromatic rings. The van der Waals surface area contributed by atoms with E-state index in [1.165, 1.54) is 29.7 Å². The number of carbonyl (C=O) groups is 1. The van der Waals surface area contributed by atoms with E-state index in [4.69, 9.17) is 4.42 Å². The van der Waals surface area contributed by atoms with Crippen LogP contribution in [0.4, 0.5) is 14.5 Å². The molecule has 2 aliphatic rings. The smallest absolute Gasteiger partial charge is 0.472 e. The first-order valence-electron chi connectivity index (χ1n) is 7.77. The zero-order valence-electron chi connectivity index (χ0n) is 13.4. The molecule has 10 heteroatoms. The molecule has 7 nitrogen and oxygen atoms in total. The molecule has 5 rings (SSSR count). The molecule has 0 aliphatic carbocycles. The Morgan fingerprint density at radius 1 is 1.26 bits per heavy atom. The number of aliphatic imine (C=N–C) groups is 1. The average Bonchev–Trinajstić information content (AvgIpc) is 3.36. The second kappa shape index (κ2) is 5.61. The molecule has 2 aliphatic heterocycles. The lowest BCUT2D eigenvalue weighted by atomic mass is 10.1. The fraction of sp³-hybridized carbons (Fsp3) is 0.118. The Morgan fingerprint density at radius 2 is 2.07 bits per heavy atom. The highest BCUT2D eigenvalue weighted by Gasteiger charge is 2.44. The van der Waals surface area contributed by atoms with E-state index >= 15 is 0 Å². The molecule has 0 unspecified atom stereocenters. The molecule has 27 heavy (non-hydrogen) atoms. The topological polar surface area (TPSA) is 86.0 Å². The summed E-state index contributed by atoms with van der Waals surface area (Å²) in [5, 5.41) is 5.00. The highest BCUT2D eigenvalue weighted by Crippen LogP contribution is 2.45. The number of carbonyl (C=O) groups excluding carboxylic acids is 1. The Bertz CT molecular complexity index is 1090. The number of nitrogens with zero attached hydrogens (tertiary/aromatic N) is 2. The number of ether oxygens (including phenoxy) is 2. The number of hydrogen-bond donors (Lipinski definition) is 1. The zero-order chi connectivity index (χ0) is 18.6. The third kappa shape index (κ3) is 2.83. The average molecular weight is 389 g/mol. The number of rotatable bonds is 2. The molecule has 136 valence electrons. The van der Waals surface area contributed by atoms with E-state index in [0.29, 0.717) is 22.1 Å². The van der Waals surface area contributed by atoms with Gasteiger partial charge in [-0.25, -0.2) is 9.98 Å². The summed E-state index contributed by atoms with van der Waals surface area (Å²) in [5.41, 5.74) is 2.14. The van der Waals surface area contributed by atoms with E-state index < -0.39 is 12.2 Å². The van der Waals surface area contributed by atoms with Crippen LogP contribution in [-0.2, 0) is 6.42 Å². The van der Waals surface area contributed by atoms with E-state index in [1.54, 1.807) is 17.7 Å². The Hall–Kier alpha value is -3.27. The summed E-state index contributed by atoms with van der Waals surface area (Å²) in [6.07, 6.45) is -0.315. The summed E-state index contributed by atoms with van der Waals surface area (Å²) in [5.74, 6) is -0.146. The van der Waals surface area contributed by atoms with Crippen molar-refractivity contribution < 1.29 is 27.5 Å². The summed E-state index contributed by atoms with van der Waals surface area (Å²) < 4.78 is 40.1. The van der Waals surface area contributed by atoms with E-state index in [-0.39, 0.29) is 23.6 Å². The van der Waals surface area contributed by atoms with Crippen LogP contribution in [-0.4, -0.2) is 23.0 Å². The predicted octanol–water partition coefficient (Wildman–Crippen LogP) is 3.74. The van der Waals surface area contributed by atoms with Gasteiger partial charge in [-0.1, -0.05) is 0 Å². The zero-order valence-corrected chi connectivity index (χ0v) is 14.2. The van der Waals surface area contributed by atoms with Crippen molar-refractivity contribution in [2.45, 2.75) is 12.7 Å². The van der Waals surface area contributed by atoms with Crippen molar-refractivity contribution in [1.82, 2.24) is 10.3 Å². The molecular formula is C17H9F2N3O4S. The monoisotopic (exact) mass is 389 g/mol. The number of fused-ring (bicyclic) bond motifs is 2. The van der Waals surface area contributed by atoms with Gasteiger partial charge >= 0.3 is 6.29 Å². The minimum atomic E-state index is -3.67. The summed E-state index contributed by atoms with van der Waals surface area (Å²) in [4.78, 5) is 20.9. The normalized spacial score (nSPS) is 16.1. The highest BCUT2D eigenvalue weighted by molar-refractivity contribution is 7.13. The molecular weight excluding hydrogens is 380 g/mol. The number of halogens is 2. The molecule has 1 amide bonds. The van der Waals surface area contributed by atoms with Crippen LogP contribution in [0, 0.1) is 0 Å². The molecule has 0 bridgehead atoms.